The van der Waals surface area contributed by atoms with Crippen molar-refractivity contribution in [1.29, 1.82) is 0 Å². The molecule has 0 atom stereocenters. The molecule has 22 heavy (non-hydrogen) atoms. The predicted molar refractivity (Wildman–Crippen MR) is 89.3 cm³/mol. The second-order valence-corrected chi connectivity index (χ2v) is 7.27. The number of methoxy groups -OCH3 is 1. The number of hydrogen-bond acceptors (Lipinski definition) is 3. The molecule has 4 nitrogen and oxygen atoms in total. The first-order valence-electron chi connectivity index (χ1n) is 6.80. The minimum absolute atomic E-state index is 0.212. The summed E-state index contributed by atoms with van der Waals surface area (Å²) < 4.78 is 32.3. The summed E-state index contributed by atoms with van der Waals surface area (Å²) in [5.74, 6) is 0.844. The Labute approximate surface area is 136 Å². The number of rotatable bonds is 5. The maximum atomic E-state index is 12.4. The van der Waals surface area contributed by atoms with Crippen LogP contribution in [0.25, 0.3) is 0 Å². The van der Waals surface area contributed by atoms with E-state index < -0.39 is 10.0 Å². The number of nitrogens with one attached hydrogen (secondary N) is 1. The lowest BCUT2D eigenvalue weighted by atomic mass is 10.0. The first-order chi connectivity index (χ1) is 10.3. The van der Waals surface area contributed by atoms with Crippen LogP contribution in [0.5, 0.6) is 5.75 Å². The third-order valence-corrected chi connectivity index (χ3v) is 4.95. The van der Waals surface area contributed by atoms with Crippen molar-refractivity contribution in [3.05, 3.63) is 53.1 Å². The molecule has 0 heterocycles. The largest absolute Gasteiger partial charge is 0.495 e. The van der Waals surface area contributed by atoms with E-state index in [2.05, 4.69) is 18.6 Å². The fraction of sp³-hybridized carbons (Fsp3) is 0.250. The van der Waals surface area contributed by atoms with E-state index in [0.29, 0.717) is 22.4 Å². The van der Waals surface area contributed by atoms with Gasteiger partial charge in [0.15, 0.2) is 0 Å². The van der Waals surface area contributed by atoms with Crippen molar-refractivity contribution in [2.45, 2.75) is 24.7 Å². The van der Waals surface area contributed by atoms with E-state index in [1.165, 1.54) is 13.2 Å². The summed E-state index contributed by atoms with van der Waals surface area (Å²) in [4.78, 5) is 0.212. The average molecular weight is 340 g/mol. The van der Waals surface area contributed by atoms with Crippen LogP contribution >= 0.6 is 11.6 Å². The second kappa shape index (κ2) is 6.58. The molecule has 0 aromatic heterocycles. The predicted octanol–water partition coefficient (Wildman–Crippen LogP) is 4.27. The van der Waals surface area contributed by atoms with Crippen LogP contribution < -0.4 is 9.46 Å². The van der Waals surface area contributed by atoms with Gasteiger partial charge in [0, 0.05) is 0 Å². The van der Waals surface area contributed by atoms with Crippen LogP contribution in [0.4, 0.5) is 5.69 Å². The van der Waals surface area contributed by atoms with Crippen LogP contribution in [-0.4, -0.2) is 15.5 Å². The smallest absolute Gasteiger partial charge is 0.261 e. The molecule has 0 radical (unpaired) electrons. The fourth-order valence-corrected chi connectivity index (χ4v) is 3.28. The summed E-state index contributed by atoms with van der Waals surface area (Å²) in [6.07, 6.45) is 0. The molecule has 0 fully saturated rings. The molecular weight excluding hydrogens is 322 g/mol. The molecule has 6 heteroatoms. The van der Waals surface area contributed by atoms with Gasteiger partial charge in [-0.2, -0.15) is 0 Å². The van der Waals surface area contributed by atoms with E-state index in [1.54, 1.807) is 24.3 Å². The average Bonchev–Trinajstić information content (AvgIpc) is 2.47. The highest BCUT2D eigenvalue weighted by Gasteiger charge is 2.15. The molecule has 0 aliphatic carbocycles. The molecular formula is C16H18ClNO3S. The quantitative estimate of drug-likeness (QED) is 0.884. The van der Waals surface area contributed by atoms with Crippen LogP contribution in [0.15, 0.2) is 47.4 Å². The van der Waals surface area contributed by atoms with Gasteiger partial charge in [-0.3, -0.25) is 4.72 Å². The summed E-state index contributed by atoms with van der Waals surface area (Å²) in [6.45, 7) is 4.11. The summed E-state index contributed by atoms with van der Waals surface area (Å²) >= 11 is 6.00. The third-order valence-electron chi connectivity index (χ3n) is 3.26. The number of benzene rings is 2. The van der Waals surface area contributed by atoms with Gasteiger partial charge in [-0.15, -0.1) is 0 Å². The summed E-state index contributed by atoms with van der Waals surface area (Å²) in [6, 6.07) is 11.6. The molecule has 0 saturated heterocycles. The van der Waals surface area contributed by atoms with Crippen molar-refractivity contribution in [2.75, 3.05) is 11.8 Å². The van der Waals surface area contributed by atoms with E-state index in [-0.39, 0.29) is 4.90 Å². The van der Waals surface area contributed by atoms with Crippen molar-refractivity contribution in [3.63, 3.8) is 0 Å². The van der Waals surface area contributed by atoms with Gasteiger partial charge in [-0.05, 0) is 41.8 Å². The Balaban J connectivity index is 2.25. The molecule has 2 aromatic rings. The Morgan fingerprint density at radius 2 is 1.73 bits per heavy atom. The standard InChI is InChI=1S/C16H18ClNO3S/c1-11(2)12-4-7-14(8-5-12)22(19,20)18-13-6-9-16(21-3)15(17)10-13/h4-11,18H,1-3H3. The number of hydrogen-bond donors (Lipinski definition) is 1. The molecule has 1 N–H and O–H groups in total. The second-order valence-electron chi connectivity index (χ2n) is 5.18. The lowest BCUT2D eigenvalue weighted by Crippen LogP contribution is -2.13. The SMILES string of the molecule is COc1ccc(NS(=O)(=O)c2ccc(C(C)C)cc2)cc1Cl. The van der Waals surface area contributed by atoms with Crippen LogP contribution in [0.3, 0.4) is 0 Å². The van der Waals surface area contributed by atoms with Crippen molar-refractivity contribution in [3.8, 4) is 5.75 Å². The van der Waals surface area contributed by atoms with Crippen LogP contribution in [0, 0.1) is 0 Å². The highest BCUT2D eigenvalue weighted by Crippen LogP contribution is 2.28. The van der Waals surface area contributed by atoms with E-state index in [9.17, 15) is 8.42 Å². The van der Waals surface area contributed by atoms with Gasteiger partial charge in [-0.1, -0.05) is 37.6 Å². The maximum Gasteiger partial charge on any atom is 0.261 e. The molecule has 0 amide bonds. The molecule has 0 saturated carbocycles. The van der Waals surface area contributed by atoms with E-state index in [4.69, 9.17) is 16.3 Å². The highest BCUT2D eigenvalue weighted by atomic mass is 35.5. The Morgan fingerprint density at radius 1 is 1.09 bits per heavy atom. The van der Waals surface area contributed by atoms with Crippen molar-refractivity contribution >= 4 is 27.3 Å². The minimum atomic E-state index is -3.64. The maximum absolute atomic E-state index is 12.4. The summed E-state index contributed by atoms with van der Waals surface area (Å²) in [7, 11) is -2.14. The Bertz CT molecular complexity index is 755. The monoisotopic (exact) mass is 339 g/mol. The van der Waals surface area contributed by atoms with Crippen molar-refractivity contribution < 1.29 is 13.2 Å². The minimum Gasteiger partial charge on any atom is -0.495 e. The zero-order chi connectivity index (χ0) is 16.3. The van der Waals surface area contributed by atoms with Crippen LogP contribution in [0.1, 0.15) is 25.3 Å². The van der Waals surface area contributed by atoms with Gasteiger partial charge in [0.05, 0.1) is 22.7 Å². The third kappa shape index (κ3) is 3.72. The molecule has 118 valence electrons. The zero-order valence-corrected chi connectivity index (χ0v) is 14.2. The van der Waals surface area contributed by atoms with Gasteiger partial charge < -0.3 is 4.74 Å². The Morgan fingerprint density at radius 3 is 2.23 bits per heavy atom. The molecule has 2 rings (SSSR count). The highest BCUT2D eigenvalue weighted by molar-refractivity contribution is 7.92. The molecule has 0 aliphatic rings. The molecule has 0 bridgehead atoms. The first-order valence-corrected chi connectivity index (χ1v) is 8.66. The lowest BCUT2D eigenvalue weighted by molar-refractivity contribution is 0.415. The lowest BCUT2D eigenvalue weighted by Gasteiger charge is -2.11. The van der Waals surface area contributed by atoms with Crippen LogP contribution in [-0.2, 0) is 10.0 Å². The zero-order valence-electron chi connectivity index (χ0n) is 12.6. The Hall–Kier alpha value is -1.72. The summed E-state index contributed by atoms with van der Waals surface area (Å²) in [5, 5.41) is 0.345. The van der Waals surface area contributed by atoms with Crippen molar-refractivity contribution in [1.82, 2.24) is 0 Å². The normalized spacial score (nSPS) is 11.5. The first kappa shape index (κ1) is 16.6. The number of sulfonamides is 1. The van der Waals surface area contributed by atoms with Crippen LogP contribution in [0.2, 0.25) is 5.02 Å². The number of halogens is 1. The van der Waals surface area contributed by atoms with Gasteiger partial charge in [-0.25, -0.2) is 8.42 Å². The van der Waals surface area contributed by atoms with E-state index in [0.717, 1.165) is 5.56 Å². The fourth-order valence-electron chi connectivity index (χ4n) is 1.98. The van der Waals surface area contributed by atoms with Crippen molar-refractivity contribution in [2.24, 2.45) is 0 Å². The van der Waals surface area contributed by atoms with E-state index >= 15 is 0 Å². The van der Waals surface area contributed by atoms with E-state index in [1.807, 2.05) is 12.1 Å². The van der Waals surface area contributed by atoms with Gasteiger partial charge in [0.1, 0.15) is 5.75 Å². The molecule has 0 unspecified atom stereocenters. The molecule has 0 aliphatic heterocycles. The van der Waals surface area contributed by atoms with Gasteiger partial charge in [0.25, 0.3) is 10.0 Å². The number of ether oxygens (including phenoxy) is 1. The topological polar surface area (TPSA) is 55.4 Å². The molecule has 0 spiro atoms. The van der Waals surface area contributed by atoms with Gasteiger partial charge >= 0.3 is 0 Å². The number of anilines is 1. The summed E-state index contributed by atoms with van der Waals surface area (Å²) in [5.41, 5.74) is 1.48. The van der Waals surface area contributed by atoms with Gasteiger partial charge in [0.2, 0.25) is 0 Å². The molecule has 2 aromatic carbocycles. The Kier molecular flexibility index (Phi) is 4.98.